The van der Waals surface area contributed by atoms with Crippen LogP contribution in [0.2, 0.25) is 0 Å². The molecule has 1 aliphatic rings. The van der Waals surface area contributed by atoms with E-state index in [1.807, 2.05) is 13.8 Å². The maximum Gasteiger partial charge on any atom is 0.178 e. The van der Waals surface area contributed by atoms with Gasteiger partial charge < -0.3 is 4.84 Å². The molecule has 3 heteroatoms. The van der Waals surface area contributed by atoms with Crippen LogP contribution in [0.4, 0.5) is 0 Å². The SMILES string of the molecule is CC(C)=NOC(C)N1CCCCCC1. The van der Waals surface area contributed by atoms with Gasteiger partial charge in [0.1, 0.15) is 0 Å². The molecule has 0 saturated carbocycles. The normalized spacial score (nSPS) is 21.1. The molecule has 1 heterocycles. The van der Waals surface area contributed by atoms with Crippen LogP contribution in [-0.4, -0.2) is 29.9 Å². The number of nitrogens with zero attached hydrogens (tertiary/aromatic N) is 2. The molecule has 0 N–H and O–H groups in total. The molecule has 0 radical (unpaired) electrons. The summed E-state index contributed by atoms with van der Waals surface area (Å²) in [4.78, 5) is 7.79. The zero-order chi connectivity index (χ0) is 10.4. The molecule has 0 aromatic heterocycles. The van der Waals surface area contributed by atoms with Gasteiger partial charge in [0.05, 0.1) is 5.71 Å². The number of likely N-dealkylation sites (tertiary alicyclic amines) is 1. The summed E-state index contributed by atoms with van der Waals surface area (Å²) in [6, 6.07) is 0. The molecule has 1 aliphatic heterocycles. The van der Waals surface area contributed by atoms with Crippen LogP contribution in [0.25, 0.3) is 0 Å². The summed E-state index contributed by atoms with van der Waals surface area (Å²) in [5, 5.41) is 4.01. The first-order chi connectivity index (χ1) is 6.70. The summed E-state index contributed by atoms with van der Waals surface area (Å²) in [6.07, 6.45) is 5.44. The minimum Gasteiger partial charge on any atom is -0.377 e. The minimum atomic E-state index is 0.128. The maximum absolute atomic E-state index is 5.41. The van der Waals surface area contributed by atoms with Crippen molar-refractivity contribution in [1.82, 2.24) is 4.90 Å². The van der Waals surface area contributed by atoms with Gasteiger partial charge in [-0.1, -0.05) is 18.0 Å². The molecule has 1 rings (SSSR count). The molecule has 0 aromatic carbocycles. The van der Waals surface area contributed by atoms with Crippen LogP contribution in [0.5, 0.6) is 0 Å². The lowest BCUT2D eigenvalue weighted by atomic mass is 10.2. The zero-order valence-electron chi connectivity index (χ0n) is 9.62. The van der Waals surface area contributed by atoms with Crippen molar-refractivity contribution in [2.75, 3.05) is 13.1 Å². The molecular weight excluding hydrogens is 176 g/mol. The summed E-state index contributed by atoms with van der Waals surface area (Å²) >= 11 is 0. The Hall–Kier alpha value is -0.570. The predicted molar refractivity (Wildman–Crippen MR) is 59.4 cm³/mol. The van der Waals surface area contributed by atoms with E-state index in [-0.39, 0.29) is 6.23 Å². The summed E-state index contributed by atoms with van der Waals surface area (Å²) in [5.74, 6) is 0. The monoisotopic (exact) mass is 198 g/mol. The van der Waals surface area contributed by atoms with Gasteiger partial charge >= 0.3 is 0 Å². The standard InChI is InChI=1S/C11H22N2O/c1-10(2)12-14-11(3)13-8-6-4-5-7-9-13/h11H,4-9H2,1-3H3. The van der Waals surface area contributed by atoms with E-state index in [0.29, 0.717) is 0 Å². The number of hydrogen-bond donors (Lipinski definition) is 0. The van der Waals surface area contributed by atoms with Gasteiger partial charge in [-0.15, -0.1) is 0 Å². The molecule has 1 fully saturated rings. The summed E-state index contributed by atoms with van der Waals surface area (Å²) < 4.78 is 0. The lowest BCUT2D eigenvalue weighted by Gasteiger charge is -2.25. The van der Waals surface area contributed by atoms with Crippen molar-refractivity contribution >= 4 is 5.71 Å². The Morgan fingerprint density at radius 3 is 2.21 bits per heavy atom. The Kier molecular flexibility index (Phi) is 4.94. The lowest BCUT2D eigenvalue weighted by molar-refractivity contribution is -0.0439. The van der Waals surface area contributed by atoms with E-state index < -0.39 is 0 Å². The molecule has 1 saturated heterocycles. The number of oxime groups is 1. The van der Waals surface area contributed by atoms with E-state index in [9.17, 15) is 0 Å². The smallest absolute Gasteiger partial charge is 0.178 e. The van der Waals surface area contributed by atoms with Crippen molar-refractivity contribution in [3.63, 3.8) is 0 Å². The van der Waals surface area contributed by atoms with Crippen molar-refractivity contribution in [2.45, 2.75) is 52.7 Å². The van der Waals surface area contributed by atoms with E-state index in [1.165, 1.54) is 25.7 Å². The minimum absolute atomic E-state index is 0.128. The third kappa shape index (κ3) is 4.09. The Balaban J connectivity index is 2.34. The quantitative estimate of drug-likeness (QED) is 0.514. The van der Waals surface area contributed by atoms with Gasteiger partial charge in [0.2, 0.25) is 0 Å². The van der Waals surface area contributed by atoms with Gasteiger partial charge in [-0.25, -0.2) is 0 Å². The molecule has 14 heavy (non-hydrogen) atoms. The van der Waals surface area contributed by atoms with Gasteiger partial charge in [-0.05, 0) is 33.6 Å². The van der Waals surface area contributed by atoms with Crippen LogP contribution in [-0.2, 0) is 4.84 Å². The fourth-order valence-corrected chi connectivity index (χ4v) is 1.71. The second-order valence-electron chi connectivity index (χ2n) is 4.19. The first-order valence-electron chi connectivity index (χ1n) is 5.61. The van der Waals surface area contributed by atoms with Crippen molar-refractivity contribution < 1.29 is 4.84 Å². The van der Waals surface area contributed by atoms with Gasteiger partial charge in [0.15, 0.2) is 6.23 Å². The number of hydrogen-bond acceptors (Lipinski definition) is 3. The average molecular weight is 198 g/mol. The third-order valence-corrected chi connectivity index (χ3v) is 2.54. The highest BCUT2D eigenvalue weighted by molar-refractivity contribution is 5.78. The van der Waals surface area contributed by atoms with E-state index in [2.05, 4.69) is 17.0 Å². The van der Waals surface area contributed by atoms with Crippen LogP contribution in [0.3, 0.4) is 0 Å². The number of rotatable bonds is 3. The molecule has 82 valence electrons. The van der Waals surface area contributed by atoms with Crippen molar-refractivity contribution in [3.8, 4) is 0 Å². The van der Waals surface area contributed by atoms with E-state index >= 15 is 0 Å². The Morgan fingerprint density at radius 1 is 1.14 bits per heavy atom. The molecule has 1 unspecified atom stereocenters. The first kappa shape index (κ1) is 11.5. The highest BCUT2D eigenvalue weighted by atomic mass is 16.6. The van der Waals surface area contributed by atoms with Crippen LogP contribution in [0.15, 0.2) is 5.16 Å². The Morgan fingerprint density at radius 2 is 1.71 bits per heavy atom. The van der Waals surface area contributed by atoms with Crippen LogP contribution in [0, 0.1) is 0 Å². The Labute approximate surface area is 87.1 Å². The highest BCUT2D eigenvalue weighted by Gasteiger charge is 2.16. The van der Waals surface area contributed by atoms with Crippen LogP contribution < -0.4 is 0 Å². The van der Waals surface area contributed by atoms with Gasteiger partial charge in [-0.2, -0.15) is 0 Å². The fourth-order valence-electron chi connectivity index (χ4n) is 1.71. The molecule has 1 atom stereocenters. The molecule has 0 bridgehead atoms. The zero-order valence-corrected chi connectivity index (χ0v) is 9.62. The summed E-state index contributed by atoms with van der Waals surface area (Å²) in [5.41, 5.74) is 0.978. The molecule has 0 aliphatic carbocycles. The summed E-state index contributed by atoms with van der Waals surface area (Å²) in [6.45, 7) is 8.29. The van der Waals surface area contributed by atoms with Gasteiger partial charge in [-0.3, -0.25) is 4.90 Å². The van der Waals surface area contributed by atoms with Crippen molar-refractivity contribution in [3.05, 3.63) is 0 Å². The third-order valence-electron chi connectivity index (χ3n) is 2.54. The van der Waals surface area contributed by atoms with Crippen LogP contribution >= 0.6 is 0 Å². The Bertz CT molecular complexity index is 180. The molecule has 0 spiro atoms. The fraction of sp³-hybridized carbons (Fsp3) is 0.909. The molecule has 0 amide bonds. The topological polar surface area (TPSA) is 24.8 Å². The lowest BCUT2D eigenvalue weighted by Crippen LogP contribution is -2.34. The predicted octanol–water partition coefficient (Wildman–Crippen LogP) is 2.62. The second-order valence-corrected chi connectivity index (χ2v) is 4.19. The van der Waals surface area contributed by atoms with Crippen molar-refractivity contribution in [1.29, 1.82) is 0 Å². The second kappa shape index (κ2) is 6.02. The highest BCUT2D eigenvalue weighted by Crippen LogP contribution is 2.13. The summed E-state index contributed by atoms with van der Waals surface area (Å²) in [7, 11) is 0. The van der Waals surface area contributed by atoms with E-state index in [1.54, 1.807) is 0 Å². The molecular formula is C11H22N2O. The molecule has 0 aromatic rings. The first-order valence-corrected chi connectivity index (χ1v) is 5.61. The average Bonchev–Trinajstić information content (AvgIpc) is 2.42. The van der Waals surface area contributed by atoms with E-state index in [0.717, 1.165) is 18.8 Å². The van der Waals surface area contributed by atoms with Crippen molar-refractivity contribution in [2.24, 2.45) is 5.16 Å². The maximum atomic E-state index is 5.41. The molecule has 3 nitrogen and oxygen atoms in total. The van der Waals surface area contributed by atoms with Crippen LogP contribution in [0.1, 0.15) is 46.5 Å². The largest absolute Gasteiger partial charge is 0.377 e. The van der Waals surface area contributed by atoms with Gasteiger partial charge in [0.25, 0.3) is 0 Å². The van der Waals surface area contributed by atoms with E-state index in [4.69, 9.17) is 4.84 Å². The van der Waals surface area contributed by atoms with Gasteiger partial charge in [0, 0.05) is 13.1 Å².